The van der Waals surface area contributed by atoms with Gasteiger partial charge in [-0.1, -0.05) is 23.4 Å². The molecule has 25 heavy (non-hydrogen) atoms. The lowest BCUT2D eigenvalue weighted by atomic mass is 10.2. The van der Waals surface area contributed by atoms with Gasteiger partial charge in [0.2, 0.25) is 11.7 Å². The summed E-state index contributed by atoms with van der Waals surface area (Å²) in [7, 11) is 1.59. The van der Waals surface area contributed by atoms with Crippen LogP contribution >= 0.6 is 11.3 Å². The molecule has 0 aliphatic heterocycles. The van der Waals surface area contributed by atoms with Crippen molar-refractivity contribution < 1.29 is 13.7 Å². The maximum atomic E-state index is 11.9. The highest BCUT2D eigenvalue weighted by Crippen LogP contribution is 2.22. The van der Waals surface area contributed by atoms with Gasteiger partial charge < -0.3 is 13.7 Å². The lowest BCUT2D eigenvalue weighted by Gasteiger charge is -1.99. The van der Waals surface area contributed by atoms with Crippen LogP contribution in [-0.4, -0.2) is 27.0 Å². The van der Waals surface area contributed by atoms with Crippen LogP contribution in [0.15, 0.2) is 55.5 Å². The summed E-state index contributed by atoms with van der Waals surface area (Å²) in [5.41, 5.74) is 0.751. The Bertz CT molecular complexity index is 1050. The standard InChI is InChI=1S/C16H12N4O4S/c1-22-11-5-2-4-10(8-11)14-17-13(24-19-14)9-20-16(21)23-15(18-20)12-6-3-7-25-12/h2-8H,9H2,1H3. The Morgan fingerprint density at radius 3 is 3.00 bits per heavy atom. The third kappa shape index (κ3) is 3.09. The first-order valence-corrected chi connectivity index (χ1v) is 8.20. The lowest BCUT2D eigenvalue weighted by molar-refractivity contribution is 0.360. The zero-order valence-electron chi connectivity index (χ0n) is 13.1. The molecule has 0 atom stereocenters. The number of nitrogens with zero attached hydrogens (tertiary/aromatic N) is 4. The van der Waals surface area contributed by atoms with Crippen molar-refractivity contribution in [3.8, 4) is 27.9 Å². The molecule has 1 aromatic carbocycles. The summed E-state index contributed by atoms with van der Waals surface area (Å²) >= 11 is 1.44. The molecule has 0 fully saturated rings. The molecule has 0 radical (unpaired) electrons. The van der Waals surface area contributed by atoms with Crippen LogP contribution in [0, 0.1) is 0 Å². The van der Waals surface area contributed by atoms with Crippen LogP contribution in [0.25, 0.3) is 22.2 Å². The zero-order chi connectivity index (χ0) is 17.2. The summed E-state index contributed by atoms with van der Waals surface area (Å²) in [5, 5.41) is 9.97. The van der Waals surface area contributed by atoms with Gasteiger partial charge in [-0.25, -0.2) is 4.79 Å². The second kappa shape index (κ2) is 6.36. The second-order valence-electron chi connectivity index (χ2n) is 5.05. The van der Waals surface area contributed by atoms with Crippen molar-refractivity contribution in [1.82, 2.24) is 19.9 Å². The topological polar surface area (TPSA) is 96.2 Å². The lowest BCUT2D eigenvalue weighted by Crippen LogP contribution is -2.16. The van der Waals surface area contributed by atoms with Gasteiger partial charge in [-0.2, -0.15) is 9.67 Å². The first-order chi connectivity index (χ1) is 12.2. The van der Waals surface area contributed by atoms with E-state index in [4.69, 9.17) is 13.7 Å². The number of rotatable bonds is 5. The average Bonchev–Trinajstić information content (AvgIpc) is 3.37. The molecule has 0 spiro atoms. The molecule has 3 aromatic heterocycles. The summed E-state index contributed by atoms with van der Waals surface area (Å²) in [6, 6.07) is 11.0. The van der Waals surface area contributed by atoms with Crippen molar-refractivity contribution in [1.29, 1.82) is 0 Å². The van der Waals surface area contributed by atoms with Crippen molar-refractivity contribution in [2.45, 2.75) is 6.54 Å². The molecule has 0 aliphatic rings. The van der Waals surface area contributed by atoms with Crippen molar-refractivity contribution in [2.75, 3.05) is 7.11 Å². The Kier molecular flexibility index (Phi) is 3.90. The SMILES string of the molecule is COc1cccc(-c2noc(Cn3nc(-c4cccs4)oc3=O)n2)c1. The van der Waals surface area contributed by atoms with Crippen molar-refractivity contribution in [3.05, 3.63) is 58.2 Å². The first-order valence-electron chi connectivity index (χ1n) is 7.32. The van der Waals surface area contributed by atoms with Gasteiger partial charge in [0.15, 0.2) is 0 Å². The number of benzene rings is 1. The smallest absolute Gasteiger partial charge is 0.437 e. The van der Waals surface area contributed by atoms with Crippen LogP contribution in [0.2, 0.25) is 0 Å². The molecule has 126 valence electrons. The molecule has 4 aromatic rings. The highest BCUT2D eigenvalue weighted by molar-refractivity contribution is 7.13. The molecule has 0 N–H and O–H groups in total. The Morgan fingerprint density at radius 1 is 1.28 bits per heavy atom. The Hall–Kier alpha value is -3.20. The van der Waals surface area contributed by atoms with Crippen molar-refractivity contribution >= 4 is 11.3 Å². The van der Waals surface area contributed by atoms with Crippen LogP contribution < -0.4 is 10.5 Å². The summed E-state index contributed by atoms with van der Waals surface area (Å²) in [5.74, 6) is 1.05. The van der Waals surface area contributed by atoms with E-state index in [9.17, 15) is 4.79 Å². The third-order valence-corrected chi connectivity index (χ3v) is 4.28. The molecule has 0 saturated heterocycles. The highest BCUT2D eigenvalue weighted by atomic mass is 32.1. The summed E-state index contributed by atoms with van der Waals surface area (Å²) in [4.78, 5) is 17.0. The fraction of sp³-hybridized carbons (Fsp3) is 0.125. The van der Waals surface area contributed by atoms with Crippen molar-refractivity contribution in [2.24, 2.45) is 0 Å². The maximum absolute atomic E-state index is 11.9. The van der Waals surface area contributed by atoms with Gasteiger partial charge in [-0.3, -0.25) is 0 Å². The average molecular weight is 356 g/mol. The third-order valence-electron chi connectivity index (χ3n) is 3.42. The maximum Gasteiger partial charge on any atom is 0.437 e. The van der Waals surface area contributed by atoms with E-state index in [2.05, 4.69) is 15.2 Å². The van der Waals surface area contributed by atoms with E-state index in [1.54, 1.807) is 13.2 Å². The van der Waals surface area contributed by atoms with Crippen LogP contribution in [0.5, 0.6) is 5.75 Å². The molecule has 3 heterocycles. The molecular weight excluding hydrogens is 344 g/mol. The minimum absolute atomic E-state index is 0.0324. The minimum atomic E-state index is -0.579. The number of methoxy groups -OCH3 is 1. The zero-order valence-corrected chi connectivity index (χ0v) is 13.9. The number of thiophene rings is 1. The molecule has 0 saturated carbocycles. The van der Waals surface area contributed by atoms with Gasteiger partial charge in [-0.15, -0.1) is 16.4 Å². The van der Waals surface area contributed by atoms with Crippen molar-refractivity contribution in [3.63, 3.8) is 0 Å². The van der Waals surface area contributed by atoms with Gasteiger partial charge in [0, 0.05) is 5.56 Å². The van der Waals surface area contributed by atoms with E-state index in [1.807, 2.05) is 35.7 Å². The summed E-state index contributed by atoms with van der Waals surface area (Å²) in [6.07, 6.45) is 0. The van der Waals surface area contributed by atoms with Gasteiger partial charge >= 0.3 is 5.76 Å². The van der Waals surface area contributed by atoms with E-state index >= 15 is 0 Å². The number of hydrogen-bond donors (Lipinski definition) is 0. The van der Waals surface area contributed by atoms with E-state index < -0.39 is 5.76 Å². The quantitative estimate of drug-likeness (QED) is 0.542. The van der Waals surface area contributed by atoms with E-state index in [-0.39, 0.29) is 18.3 Å². The molecule has 0 aliphatic carbocycles. The highest BCUT2D eigenvalue weighted by Gasteiger charge is 2.15. The molecule has 0 unspecified atom stereocenters. The second-order valence-corrected chi connectivity index (χ2v) is 6.00. The summed E-state index contributed by atoms with van der Waals surface area (Å²) < 4.78 is 16.7. The van der Waals surface area contributed by atoms with Gasteiger partial charge in [0.25, 0.3) is 5.89 Å². The Labute approximate surface area is 145 Å². The molecule has 0 amide bonds. The molecule has 8 nitrogen and oxygen atoms in total. The molecule has 4 rings (SSSR count). The van der Waals surface area contributed by atoms with Gasteiger partial charge in [-0.05, 0) is 23.6 Å². The van der Waals surface area contributed by atoms with Gasteiger partial charge in [0.05, 0.1) is 12.0 Å². The van der Waals surface area contributed by atoms with E-state index in [0.717, 1.165) is 15.1 Å². The monoisotopic (exact) mass is 356 g/mol. The number of ether oxygens (including phenoxy) is 1. The summed E-state index contributed by atoms with van der Waals surface area (Å²) in [6.45, 7) is 0.0324. The Morgan fingerprint density at radius 2 is 2.20 bits per heavy atom. The number of hydrogen-bond acceptors (Lipinski definition) is 8. The van der Waals surface area contributed by atoms with Crippen LogP contribution in [0.3, 0.4) is 0 Å². The van der Waals surface area contributed by atoms with Crippen LogP contribution in [0.1, 0.15) is 5.89 Å². The Balaban J connectivity index is 1.58. The fourth-order valence-electron chi connectivity index (χ4n) is 2.23. The molecule has 0 bridgehead atoms. The predicted octanol–water partition coefficient (Wildman–Crippen LogP) is 2.67. The number of aromatic nitrogens is 4. The predicted molar refractivity (Wildman–Crippen MR) is 89.5 cm³/mol. The molecule has 9 heteroatoms. The first kappa shape index (κ1) is 15.3. The minimum Gasteiger partial charge on any atom is -0.497 e. The van der Waals surface area contributed by atoms with Gasteiger partial charge in [0.1, 0.15) is 12.3 Å². The normalized spacial score (nSPS) is 10.9. The van der Waals surface area contributed by atoms with Crippen LogP contribution in [-0.2, 0) is 6.54 Å². The van der Waals surface area contributed by atoms with Crippen LogP contribution in [0.4, 0.5) is 0 Å². The largest absolute Gasteiger partial charge is 0.497 e. The molecular formula is C16H12N4O4S. The van der Waals surface area contributed by atoms with E-state index in [0.29, 0.717) is 11.6 Å². The van der Waals surface area contributed by atoms with E-state index in [1.165, 1.54) is 11.3 Å². The fourth-order valence-corrected chi connectivity index (χ4v) is 2.88.